The molecule has 1 aliphatic heterocycles. The second kappa shape index (κ2) is 9.87. The van der Waals surface area contributed by atoms with Gasteiger partial charge in [-0.3, -0.25) is 19.8 Å². The number of nitrogens with one attached hydrogen (secondary N) is 1. The average Bonchev–Trinajstić information content (AvgIpc) is 3.34. The van der Waals surface area contributed by atoms with Gasteiger partial charge in [-0.05, 0) is 57.5 Å². The van der Waals surface area contributed by atoms with E-state index in [2.05, 4.69) is 10.1 Å². The molecule has 1 fully saturated rings. The number of carbonyl (C=O) groups is 3. The van der Waals surface area contributed by atoms with Gasteiger partial charge in [-0.1, -0.05) is 0 Å². The molecule has 0 aliphatic carbocycles. The fourth-order valence-corrected chi connectivity index (χ4v) is 3.21. The Hall–Kier alpha value is -4.35. The Balaban J connectivity index is 1.92. The van der Waals surface area contributed by atoms with E-state index in [1.807, 2.05) is 0 Å². The van der Waals surface area contributed by atoms with E-state index in [0.29, 0.717) is 0 Å². The molecule has 3 amide bonds. The summed E-state index contributed by atoms with van der Waals surface area (Å²) in [6.45, 7) is 6.95. The van der Waals surface area contributed by atoms with Crippen LogP contribution in [0.15, 0.2) is 34.4 Å². The molecular formula is C23H25N3O9. The third-order valence-corrected chi connectivity index (χ3v) is 4.60. The third-order valence-electron chi connectivity index (χ3n) is 4.60. The standard InChI is InChI=1S/C23H25N3O9/c1-6-33-18-11-13(10-16(26(30)31)19(18)35-23(2,3)4)9-15-20(27)25(22(29)24-15)12-14-7-8-17(34-14)21(28)32-5/h7-11H,6,12H2,1-5H3,(H,24,29)/b15-9-. The number of ether oxygens (including phenoxy) is 3. The predicted molar refractivity (Wildman–Crippen MR) is 122 cm³/mol. The number of esters is 1. The largest absolute Gasteiger partial charge is 0.490 e. The molecule has 0 spiro atoms. The number of carbonyl (C=O) groups excluding carboxylic acids is 3. The molecule has 0 unspecified atom stereocenters. The summed E-state index contributed by atoms with van der Waals surface area (Å²) >= 11 is 0. The highest BCUT2D eigenvalue weighted by Gasteiger charge is 2.35. The summed E-state index contributed by atoms with van der Waals surface area (Å²) in [7, 11) is 1.20. The van der Waals surface area contributed by atoms with Crippen molar-refractivity contribution in [2.24, 2.45) is 0 Å². The molecule has 0 radical (unpaired) electrons. The summed E-state index contributed by atoms with van der Waals surface area (Å²) in [6, 6.07) is 4.81. The maximum Gasteiger partial charge on any atom is 0.373 e. The van der Waals surface area contributed by atoms with Crippen LogP contribution in [-0.2, 0) is 16.1 Å². The van der Waals surface area contributed by atoms with E-state index < -0.39 is 28.4 Å². The lowest BCUT2D eigenvalue weighted by atomic mass is 10.1. The Morgan fingerprint density at radius 3 is 2.57 bits per heavy atom. The first kappa shape index (κ1) is 25.3. The van der Waals surface area contributed by atoms with Crippen LogP contribution < -0.4 is 14.8 Å². The highest BCUT2D eigenvalue weighted by Crippen LogP contribution is 2.41. The predicted octanol–water partition coefficient (Wildman–Crippen LogP) is 3.64. The topological polar surface area (TPSA) is 150 Å². The van der Waals surface area contributed by atoms with Gasteiger partial charge in [0, 0.05) is 6.07 Å². The van der Waals surface area contributed by atoms with E-state index >= 15 is 0 Å². The molecule has 12 heteroatoms. The van der Waals surface area contributed by atoms with Crippen molar-refractivity contribution in [3.63, 3.8) is 0 Å². The van der Waals surface area contributed by atoms with Gasteiger partial charge in [-0.15, -0.1) is 0 Å². The molecule has 186 valence electrons. The minimum atomic E-state index is -0.730. The number of hydrogen-bond donors (Lipinski definition) is 1. The molecule has 1 aliphatic rings. The SMILES string of the molecule is CCOc1cc(/C=C2\NC(=O)N(Cc3ccc(C(=O)OC)o3)C2=O)cc([N+](=O)[O-])c1OC(C)(C)C. The molecule has 1 aromatic carbocycles. The zero-order chi connectivity index (χ0) is 25.9. The van der Waals surface area contributed by atoms with E-state index in [4.69, 9.17) is 13.9 Å². The Morgan fingerprint density at radius 2 is 1.97 bits per heavy atom. The monoisotopic (exact) mass is 487 g/mol. The Kier molecular flexibility index (Phi) is 7.13. The second-order valence-electron chi connectivity index (χ2n) is 8.41. The first-order valence-electron chi connectivity index (χ1n) is 10.6. The molecule has 0 saturated carbocycles. The lowest BCUT2D eigenvalue weighted by molar-refractivity contribution is -0.386. The van der Waals surface area contributed by atoms with Gasteiger partial charge in [0.05, 0.1) is 25.2 Å². The Labute approximate surface area is 200 Å². The quantitative estimate of drug-likeness (QED) is 0.193. The number of nitro groups is 1. The Morgan fingerprint density at radius 1 is 1.26 bits per heavy atom. The van der Waals surface area contributed by atoms with Gasteiger partial charge in [-0.2, -0.15) is 0 Å². The van der Waals surface area contributed by atoms with Crippen molar-refractivity contribution in [2.45, 2.75) is 39.8 Å². The van der Waals surface area contributed by atoms with Crippen molar-refractivity contribution < 1.29 is 37.9 Å². The summed E-state index contributed by atoms with van der Waals surface area (Å²) in [5.74, 6) is -1.16. The van der Waals surface area contributed by atoms with Crippen LogP contribution in [0.25, 0.3) is 6.08 Å². The highest BCUT2D eigenvalue weighted by atomic mass is 16.6. The van der Waals surface area contributed by atoms with Crippen LogP contribution in [0.3, 0.4) is 0 Å². The van der Waals surface area contributed by atoms with E-state index in [9.17, 15) is 24.5 Å². The molecule has 1 N–H and O–H groups in total. The number of urea groups is 1. The molecular weight excluding hydrogens is 462 g/mol. The summed E-state index contributed by atoms with van der Waals surface area (Å²) in [6.07, 6.45) is 1.30. The molecule has 2 aromatic rings. The molecule has 12 nitrogen and oxygen atoms in total. The third kappa shape index (κ3) is 5.78. The van der Waals surface area contributed by atoms with Gasteiger partial charge in [0.2, 0.25) is 11.5 Å². The normalized spacial score (nSPS) is 14.8. The minimum Gasteiger partial charge on any atom is -0.490 e. The van der Waals surface area contributed by atoms with Crippen molar-refractivity contribution in [3.05, 3.63) is 57.2 Å². The summed E-state index contributed by atoms with van der Waals surface area (Å²) in [5.41, 5.74) is -0.933. The van der Waals surface area contributed by atoms with E-state index in [-0.39, 0.29) is 53.1 Å². The smallest absolute Gasteiger partial charge is 0.373 e. The van der Waals surface area contributed by atoms with Gasteiger partial charge in [0.15, 0.2) is 5.75 Å². The number of nitro benzene ring substituents is 1. The maximum absolute atomic E-state index is 12.9. The van der Waals surface area contributed by atoms with Gasteiger partial charge in [0.25, 0.3) is 5.91 Å². The number of amides is 3. The maximum atomic E-state index is 12.9. The lowest BCUT2D eigenvalue weighted by Gasteiger charge is -2.23. The first-order valence-corrected chi connectivity index (χ1v) is 10.6. The average molecular weight is 487 g/mol. The summed E-state index contributed by atoms with van der Waals surface area (Å²) < 4.78 is 21.2. The van der Waals surface area contributed by atoms with Gasteiger partial charge in [-0.25, -0.2) is 9.59 Å². The van der Waals surface area contributed by atoms with E-state index in [1.54, 1.807) is 27.7 Å². The van der Waals surface area contributed by atoms with E-state index in [0.717, 1.165) is 4.90 Å². The zero-order valence-corrected chi connectivity index (χ0v) is 19.9. The van der Waals surface area contributed by atoms with Crippen LogP contribution in [0.2, 0.25) is 0 Å². The van der Waals surface area contributed by atoms with Crippen molar-refractivity contribution in [1.82, 2.24) is 10.2 Å². The molecule has 2 heterocycles. The molecule has 0 bridgehead atoms. The van der Waals surface area contributed by atoms with Crippen molar-refractivity contribution in [2.75, 3.05) is 13.7 Å². The van der Waals surface area contributed by atoms with E-state index in [1.165, 1.54) is 37.5 Å². The number of rotatable bonds is 8. The fraction of sp³-hybridized carbons (Fsp3) is 0.348. The Bertz CT molecular complexity index is 1210. The first-order chi connectivity index (χ1) is 16.4. The van der Waals surface area contributed by atoms with Crippen molar-refractivity contribution in [3.8, 4) is 11.5 Å². The molecule has 35 heavy (non-hydrogen) atoms. The molecule has 1 saturated heterocycles. The van der Waals surface area contributed by atoms with Gasteiger partial charge >= 0.3 is 17.7 Å². The number of hydrogen-bond acceptors (Lipinski definition) is 9. The molecule has 0 atom stereocenters. The summed E-state index contributed by atoms with van der Waals surface area (Å²) in [4.78, 5) is 48.8. The van der Waals surface area contributed by atoms with Gasteiger partial charge in [0.1, 0.15) is 17.1 Å². The highest BCUT2D eigenvalue weighted by molar-refractivity contribution is 6.13. The van der Waals surface area contributed by atoms with Gasteiger partial charge < -0.3 is 23.9 Å². The molecule has 1 aromatic heterocycles. The zero-order valence-electron chi connectivity index (χ0n) is 19.9. The number of benzene rings is 1. The van der Waals surface area contributed by atoms with Crippen LogP contribution >= 0.6 is 0 Å². The number of furan rings is 1. The fourth-order valence-electron chi connectivity index (χ4n) is 3.21. The number of nitrogens with zero attached hydrogens (tertiary/aromatic N) is 2. The molecule has 3 rings (SSSR count). The second-order valence-corrected chi connectivity index (χ2v) is 8.41. The lowest BCUT2D eigenvalue weighted by Crippen LogP contribution is -2.30. The summed E-state index contributed by atoms with van der Waals surface area (Å²) in [5, 5.41) is 14.2. The van der Waals surface area contributed by atoms with Crippen LogP contribution in [0, 0.1) is 10.1 Å². The van der Waals surface area contributed by atoms with Crippen LogP contribution in [0.1, 0.15) is 49.6 Å². The van der Waals surface area contributed by atoms with Crippen LogP contribution in [0.4, 0.5) is 10.5 Å². The van der Waals surface area contributed by atoms with Crippen molar-refractivity contribution >= 4 is 29.7 Å². The van der Waals surface area contributed by atoms with Crippen LogP contribution in [-0.4, -0.2) is 47.0 Å². The van der Waals surface area contributed by atoms with Crippen LogP contribution in [0.5, 0.6) is 11.5 Å². The van der Waals surface area contributed by atoms with Crippen molar-refractivity contribution in [1.29, 1.82) is 0 Å². The minimum absolute atomic E-state index is 0.0332. The number of imide groups is 1. The number of methoxy groups -OCH3 is 1.